The van der Waals surface area contributed by atoms with Crippen LogP contribution in [0.25, 0.3) is 6.08 Å². The number of anilines is 1. The Labute approximate surface area is 198 Å². The van der Waals surface area contributed by atoms with E-state index in [-0.39, 0.29) is 28.8 Å². The maximum atomic E-state index is 13.4. The van der Waals surface area contributed by atoms with Crippen LogP contribution < -0.4 is 14.8 Å². The summed E-state index contributed by atoms with van der Waals surface area (Å²) >= 11 is 9.70. The van der Waals surface area contributed by atoms with Crippen molar-refractivity contribution in [1.29, 1.82) is 5.26 Å². The molecule has 0 spiro atoms. The third kappa shape index (κ3) is 6.10. The molecule has 3 rings (SSSR count). The number of benzene rings is 3. The standard InChI is InChI=1S/C24H17BrClFN2O3/c1-31-22-11-16(8-17(13-28)24(30)29-20-7-3-5-18(25)12-20)10-21(26)23(22)32-14-15-4-2-6-19(27)9-15/h2-12H,14H2,1H3,(H,29,30)/b17-8-. The summed E-state index contributed by atoms with van der Waals surface area (Å²) in [5.41, 5.74) is 1.53. The molecule has 0 aliphatic rings. The van der Waals surface area contributed by atoms with Gasteiger partial charge in [-0.2, -0.15) is 5.26 Å². The lowest BCUT2D eigenvalue weighted by Crippen LogP contribution is -2.13. The Morgan fingerprint density at radius 2 is 2.00 bits per heavy atom. The zero-order valence-corrected chi connectivity index (χ0v) is 19.2. The molecule has 8 heteroatoms. The number of carbonyl (C=O) groups excluding carboxylic acids is 1. The van der Waals surface area contributed by atoms with E-state index < -0.39 is 5.91 Å². The molecule has 0 aliphatic carbocycles. The number of rotatable bonds is 7. The smallest absolute Gasteiger partial charge is 0.266 e. The number of ether oxygens (including phenoxy) is 2. The van der Waals surface area contributed by atoms with Gasteiger partial charge in [0.2, 0.25) is 0 Å². The van der Waals surface area contributed by atoms with E-state index in [1.165, 1.54) is 25.3 Å². The maximum absolute atomic E-state index is 13.4. The van der Waals surface area contributed by atoms with Gasteiger partial charge in [-0.25, -0.2) is 4.39 Å². The highest BCUT2D eigenvalue weighted by molar-refractivity contribution is 9.10. The molecule has 3 aromatic carbocycles. The van der Waals surface area contributed by atoms with Crippen LogP contribution in [0.1, 0.15) is 11.1 Å². The summed E-state index contributed by atoms with van der Waals surface area (Å²) in [6.45, 7) is 0.0848. The largest absolute Gasteiger partial charge is 0.493 e. The van der Waals surface area contributed by atoms with E-state index in [1.807, 2.05) is 12.1 Å². The molecule has 0 heterocycles. The first kappa shape index (κ1) is 23.3. The Morgan fingerprint density at radius 1 is 1.22 bits per heavy atom. The van der Waals surface area contributed by atoms with Gasteiger partial charge in [-0.1, -0.05) is 45.7 Å². The number of halogens is 3. The number of amides is 1. The normalized spacial score (nSPS) is 10.9. The molecule has 0 saturated carbocycles. The minimum Gasteiger partial charge on any atom is -0.493 e. The molecule has 0 saturated heterocycles. The molecule has 1 N–H and O–H groups in total. The van der Waals surface area contributed by atoms with E-state index in [9.17, 15) is 14.4 Å². The minimum absolute atomic E-state index is 0.0848. The summed E-state index contributed by atoms with van der Waals surface area (Å²) in [7, 11) is 1.44. The van der Waals surface area contributed by atoms with E-state index in [4.69, 9.17) is 21.1 Å². The summed E-state index contributed by atoms with van der Waals surface area (Å²) in [4.78, 5) is 12.5. The van der Waals surface area contributed by atoms with Crippen LogP contribution >= 0.6 is 27.5 Å². The van der Waals surface area contributed by atoms with E-state index in [2.05, 4.69) is 21.2 Å². The van der Waals surface area contributed by atoms with Gasteiger partial charge in [0, 0.05) is 10.2 Å². The second-order valence-corrected chi connectivity index (χ2v) is 7.91. The molecular formula is C24H17BrClFN2O3. The van der Waals surface area contributed by atoms with Crippen LogP contribution in [0.2, 0.25) is 5.02 Å². The number of hydrogen-bond donors (Lipinski definition) is 1. The van der Waals surface area contributed by atoms with Crippen molar-refractivity contribution in [2.45, 2.75) is 6.61 Å². The summed E-state index contributed by atoms with van der Waals surface area (Å²) in [6, 6.07) is 18.1. The van der Waals surface area contributed by atoms with Crippen LogP contribution in [0.15, 0.2) is 70.7 Å². The fourth-order valence-electron chi connectivity index (χ4n) is 2.83. The molecule has 32 heavy (non-hydrogen) atoms. The fraction of sp³-hybridized carbons (Fsp3) is 0.0833. The topological polar surface area (TPSA) is 71.3 Å². The van der Waals surface area contributed by atoms with Crippen molar-refractivity contribution in [3.05, 3.63) is 92.7 Å². The minimum atomic E-state index is -0.563. The molecule has 0 fully saturated rings. The summed E-state index contributed by atoms with van der Waals surface area (Å²) < 4.78 is 25.3. The van der Waals surface area contributed by atoms with Crippen molar-refractivity contribution < 1.29 is 18.7 Å². The highest BCUT2D eigenvalue weighted by atomic mass is 79.9. The molecule has 0 aromatic heterocycles. The molecule has 0 unspecified atom stereocenters. The predicted molar refractivity (Wildman–Crippen MR) is 125 cm³/mol. The second-order valence-electron chi connectivity index (χ2n) is 6.59. The molecule has 0 aliphatic heterocycles. The van der Waals surface area contributed by atoms with Gasteiger partial charge >= 0.3 is 0 Å². The SMILES string of the molecule is COc1cc(/C=C(/C#N)C(=O)Nc2cccc(Br)c2)cc(Cl)c1OCc1cccc(F)c1. The van der Waals surface area contributed by atoms with Gasteiger partial charge in [0.05, 0.1) is 12.1 Å². The van der Waals surface area contributed by atoms with Gasteiger partial charge in [-0.3, -0.25) is 4.79 Å². The van der Waals surface area contributed by atoms with Crippen molar-refractivity contribution in [1.82, 2.24) is 0 Å². The monoisotopic (exact) mass is 514 g/mol. The zero-order chi connectivity index (χ0) is 23.1. The molecule has 162 valence electrons. The highest BCUT2D eigenvalue weighted by Gasteiger charge is 2.15. The van der Waals surface area contributed by atoms with Gasteiger partial charge in [0.25, 0.3) is 5.91 Å². The lowest BCUT2D eigenvalue weighted by molar-refractivity contribution is -0.112. The number of nitrogens with zero attached hydrogens (tertiary/aromatic N) is 1. The summed E-state index contributed by atoms with van der Waals surface area (Å²) in [6.07, 6.45) is 1.40. The van der Waals surface area contributed by atoms with Crippen LogP contribution in [0.5, 0.6) is 11.5 Å². The zero-order valence-electron chi connectivity index (χ0n) is 16.9. The Hall–Kier alpha value is -3.34. The van der Waals surface area contributed by atoms with Gasteiger partial charge in [-0.15, -0.1) is 0 Å². The van der Waals surface area contributed by atoms with Crippen LogP contribution in [0.3, 0.4) is 0 Å². The van der Waals surface area contributed by atoms with Crippen molar-refractivity contribution in [3.8, 4) is 17.6 Å². The Bertz CT molecular complexity index is 1220. The summed E-state index contributed by atoms with van der Waals surface area (Å²) in [5, 5.41) is 12.4. The number of nitrogens with one attached hydrogen (secondary N) is 1. The quantitative estimate of drug-likeness (QED) is 0.293. The third-order valence-corrected chi connectivity index (χ3v) is 5.06. The second kappa shape index (κ2) is 10.8. The van der Waals surface area contributed by atoms with E-state index >= 15 is 0 Å². The number of carbonyl (C=O) groups is 1. The van der Waals surface area contributed by atoms with E-state index in [0.29, 0.717) is 22.6 Å². The van der Waals surface area contributed by atoms with Crippen molar-refractivity contribution in [2.75, 3.05) is 12.4 Å². The average molecular weight is 516 g/mol. The fourth-order valence-corrected chi connectivity index (χ4v) is 3.50. The molecule has 0 radical (unpaired) electrons. The van der Waals surface area contributed by atoms with Crippen molar-refractivity contribution >= 4 is 45.2 Å². The average Bonchev–Trinajstić information content (AvgIpc) is 2.76. The first-order valence-corrected chi connectivity index (χ1v) is 10.5. The Kier molecular flexibility index (Phi) is 7.87. The van der Waals surface area contributed by atoms with Gasteiger partial charge in [0.1, 0.15) is 24.1 Å². The van der Waals surface area contributed by atoms with Crippen LogP contribution in [-0.4, -0.2) is 13.0 Å². The Balaban J connectivity index is 1.82. The van der Waals surface area contributed by atoms with Gasteiger partial charge in [-0.05, 0) is 59.7 Å². The van der Waals surface area contributed by atoms with Crippen LogP contribution in [0.4, 0.5) is 10.1 Å². The number of methoxy groups -OCH3 is 1. The lowest BCUT2D eigenvalue weighted by atomic mass is 10.1. The molecule has 0 bridgehead atoms. The van der Waals surface area contributed by atoms with Gasteiger partial charge < -0.3 is 14.8 Å². The van der Waals surface area contributed by atoms with Crippen molar-refractivity contribution in [3.63, 3.8) is 0 Å². The summed E-state index contributed by atoms with van der Waals surface area (Å²) in [5.74, 6) is -0.348. The lowest BCUT2D eigenvalue weighted by Gasteiger charge is -2.14. The van der Waals surface area contributed by atoms with E-state index in [1.54, 1.807) is 42.5 Å². The molecule has 5 nitrogen and oxygen atoms in total. The van der Waals surface area contributed by atoms with Crippen molar-refractivity contribution in [2.24, 2.45) is 0 Å². The molecule has 3 aromatic rings. The Morgan fingerprint density at radius 3 is 2.69 bits per heavy atom. The molecule has 1 amide bonds. The van der Waals surface area contributed by atoms with Crippen LogP contribution in [-0.2, 0) is 11.4 Å². The van der Waals surface area contributed by atoms with E-state index in [0.717, 1.165) is 4.47 Å². The number of nitriles is 1. The predicted octanol–water partition coefficient (Wildman–Crippen LogP) is 6.37. The molecular weight excluding hydrogens is 499 g/mol. The van der Waals surface area contributed by atoms with Gasteiger partial charge in [0.15, 0.2) is 11.5 Å². The highest BCUT2D eigenvalue weighted by Crippen LogP contribution is 2.37. The maximum Gasteiger partial charge on any atom is 0.266 e. The van der Waals surface area contributed by atoms with Crippen LogP contribution in [0, 0.1) is 17.1 Å². The first-order chi connectivity index (χ1) is 15.4. The number of hydrogen-bond acceptors (Lipinski definition) is 4. The third-order valence-electron chi connectivity index (χ3n) is 4.28. The first-order valence-electron chi connectivity index (χ1n) is 9.33. The molecule has 0 atom stereocenters.